The Balaban J connectivity index is 1.47. The number of nitrogens with two attached hydrogens (primary N) is 1. The third kappa shape index (κ3) is 3.40. The lowest BCUT2D eigenvalue weighted by Crippen LogP contribution is -2.25. The number of nitrogens with one attached hydrogen (secondary N) is 1. The van der Waals surface area contributed by atoms with E-state index < -0.39 is 24.5 Å². The Morgan fingerprint density at radius 1 is 1.44 bits per heavy atom. The van der Waals surface area contributed by atoms with Crippen LogP contribution in [0.2, 0.25) is 0 Å². The maximum atomic E-state index is 14.4. The Morgan fingerprint density at radius 3 is 3.00 bits per heavy atom. The number of hydrogen-bond donors (Lipinski definition) is 2. The summed E-state index contributed by atoms with van der Waals surface area (Å²) in [4.78, 5) is 23.0. The standard InChI is InChI=1S/C17H16FN5O3S/c18-10-6-12(23-8-20-13-14(23)21-17(19)22-15(13)27)26-11(10)7-25-16(24)9-4-2-1-3-5-9/h1-5,8,10-12H,6-7H2,(H3,19,21,22,27)/t10-,11+,12+/m0/s1. The molecule has 1 aromatic carbocycles. The third-order valence-electron chi connectivity index (χ3n) is 4.33. The van der Waals surface area contributed by atoms with Crippen molar-refractivity contribution in [3.63, 3.8) is 0 Å². The van der Waals surface area contributed by atoms with E-state index in [1.165, 1.54) is 6.33 Å². The summed E-state index contributed by atoms with van der Waals surface area (Å²) in [7, 11) is 0. The fourth-order valence-electron chi connectivity index (χ4n) is 3.00. The number of halogens is 1. The number of fused-ring (bicyclic) bond motifs is 1. The molecular formula is C17H16FN5O3S. The second-order valence-corrected chi connectivity index (χ2v) is 6.51. The monoisotopic (exact) mass is 389 g/mol. The molecule has 3 N–H and O–H groups in total. The molecule has 1 aliphatic heterocycles. The molecule has 1 saturated heterocycles. The zero-order chi connectivity index (χ0) is 19.0. The maximum absolute atomic E-state index is 14.4. The number of hydrogen-bond acceptors (Lipinski definition) is 7. The van der Waals surface area contributed by atoms with E-state index >= 15 is 0 Å². The Hall–Kier alpha value is -2.85. The minimum absolute atomic E-state index is 0.0852. The topological polar surface area (TPSA) is 108 Å². The van der Waals surface area contributed by atoms with Gasteiger partial charge in [-0.3, -0.25) is 4.57 Å². The van der Waals surface area contributed by atoms with Crippen LogP contribution < -0.4 is 5.73 Å². The van der Waals surface area contributed by atoms with Gasteiger partial charge in [0.15, 0.2) is 10.6 Å². The van der Waals surface area contributed by atoms with Crippen molar-refractivity contribution in [3.05, 3.63) is 46.9 Å². The van der Waals surface area contributed by atoms with E-state index in [4.69, 9.17) is 27.4 Å². The molecular weight excluding hydrogens is 373 g/mol. The molecule has 0 spiro atoms. The minimum Gasteiger partial charge on any atom is -0.459 e. The number of H-pyrrole nitrogens is 1. The summed E-state index contributed by atoms with van der Waals surface area (Å²) < 4.78 is 27.2. The number of alkyl halides is 1. The number of esters is 1. The van der Waals surface area contributed by atoms with Crippen LogP contribution in [0.4, 0.5) is 10.3 Å². The maximum Gasteiger partial charge on any atom is 0.338 e. The van der Waals surface area contributed by atoms with Crippen molar-refractivity contribution in [2.45, 2.75) is 24.9 Å². The largest absolute Gasteiger partial charge is 0.459 e. The molecule has 3 aromatic rings. The highest BCUT2D eigenvalue weighted by atomic mass is 32.1. The van der Waals surface area contributed by atoms with Crippen molar-refractivity contribution in [2.75, 3.05) is 12.3 Å². The SMILES string of the molecule is Nc1nc(=S)c2ncn([C@H]3C[C@H](F)[C@@H](COC(=O)c4ccccc4)O3)c2[nH]1. The molecule has 140 valence electrons. The van der Waals surface area contributed by atoms with Crippen LogP contribution in [0.3, 0.4) is 0 Å². The van der Waals surface area contributed by atoms with E-state index in [9.17, 15) is 9.18 Å². The average molecular weight is 389 g/mol. The number of carbonyl (C=O) groups excluding carboxylic acids is 1. The lowest BCUT2D eigenvalue weighted by atomic mass is 10.2. The molecule has 3 heterocycles. The highest BCUT2D eigenvalue weighted by Gasteiger charge is 2.38. The molecule has 0 aliphatic carbocycles. The number of carbonyl (C=O) groups is 1. The van der Waals surface area contributed by atoms with Crippen molar-refractivity contribution < 1.29 is 18.7 Å². The first-order chi connectivity index (χ1) is 13.0. The van der Waals surface area contributed by atoms with Crippen LogP contribution in [-0.4, -0.2) is 44.4 Å². The quantitative estimate of drug-likeness (QED) is 0.521. The Morgan fingerprint density at radius 2 is 2.22 bits per heavy atom. The van der Waals surface area contributed by atoms with Crippen molar-refractivity contribution in [2.24, 2.45) is 0 Å². The molecule has 1 fully saturated rings. The van der Waals surface area contributed by atoms with Crippen LogP contribution in [-0.2, 0) is 9.47 Å². The molecule has 0 radical (unpaired) electrons. The van der Waals surface area contributed by atoms with E-state index in [0.717, 1.165) is 0 Å². The molecule has 1 aliphatic rings. The molecule has 0 saturated carbocycles. The summed E-state index contributed by atoms with van der Waals surface area (Å²) in [6.07, 6.45) is -1.21. The van der Waals surface area contributed by atoms with Crippen LogP contribution in [0.25, 0.3) is 11.2 Å². The Kier molecular flexibility index (Phi) is 4.58. The van der Waals surface area contributed by atoms with Crippen molar-refractivity contribution in [3.8, 4) is 0 Å². The van der Waals surface area contributed by atoms with Gasteiger partial charge in [0.1, 0.15) is 36.3 Å². The number of aromatic amines is 1. The molecule has 8 nitrogen and oxygen atoms in total. The first-order valence-corrected chi connectivity index (χ1v) is 8.68. The normalized spacial score (nSPS) is 22.2. The Bertz CT molecular complexity index is 1040. The Labute approximate surface area is 158 Å². The average Bonchev–Trinajstić information content (AvgIpc) is 3.24. The summed E-state index contributed by atoms with van der Waals surface area (Å²) >= 11 is 5.13. The molecule has 10 heteroatoms. The number of aromatic nitrogens is 4. The van der Waals surface area contributed by atoms with E-state index in [1.54, 1.807) is 34.9 Å². The van der Waals surface area contributed by atoms with Gasteiger partial charge >= 0.3 is 5.97 Å². The van der Waals surface area contributed by atoms with Crippen LogP contribution in [0.5, 0.6) is 0 Å². The zero-order valence-corrected chi connectivity index (χ0v) is 14.9. The highest BCUT2D eigenvalue weighted by Crippen LogP contribution is 2.33. The van der Waals surface area contributed by atoms with Crippen molar-refractivity contribution in [1.82, 2.24) is 19.5 Å². The molecule has 27 heavy (non-hydrogen) atoms. The highest BCUT2D eigenvalue weighted by molar-refractivity contribution is 7.71. The number of nitrogen functional groups attached to an aromatic ring is 1. The number of nitrogens with zero attached hydrogens (tertiary/aromatic N) is 3. The van der Waals surface area contributed by atoms with E-state index in [0.29, 0.717) is 16.7 Å². The number of anilines is 1. The van der Waals surface area contributed by atoms with Gasteiger partial charge in [0, 0.05) is 6.42 Å². The summed E-state index contributed by atoms with van der Waals surface area (Å²) in [5.41, 5.74) is 7.06. The molecule has 0 unspecified atom stereocenters. The fraction of sp³-hybridized carbons (Fsp3) is 0.294. The van der Waals surface area contributed by atoms with Gasteiger partial charge in [-0.2, -0.15) is 0 Å². The van der Waals surface area contributed by atoms with Gasteiger partial charge in [0.05, 0.1) is 11.9 Å². The first-order valence-electron chi connectivity index (χ1n) is 8.27. The van der Waals surface area contributed by atoms with Crippen molar-refractivity contribution in [1.29, 1.82) is 0 Å². The van der Waals surface area contributed by atoms with E-state index in [1.807, 2.05) is 0 Å². The van der Waals surface area contributed by atoms with Crippen LogP contribution in [0.15, 0.2) is 36.7 Å². The van der Waals surface area contributed by atoms with Gasteiger partial charge in [0.25, 0.3) is 0 Å². The molecule has 0 bridgehead atoms. The number of benzene rings is 1. The van der Waals surface area contributed by atoms with Gasteiger partial charge in [-0.05, 0) is 12.1 Å². The minimum atomic E-state index is -1.29. The lowest BCUT2D eigenvalue weighted by molar-refractivity contribution is -0.0413. The second-order valence-electron chi connectivity index (χ2n) is 6.12. The lowest BCUT2D eigenvalue weighted by Gasteiger charge is -2.15. The molecule has 0 amide bonds. The van der Waals surface area contributed by atoms with Crippen LogP contribution in [0.1, 0.15) is 23.0 Å². The smallest absolute Gasteiger partial charge is 0.338 e. The summed E-state index contributed by atoms with van der Waals surface area (Å²) in [5.74, 6) is -0.386. The molecule has 2 aromatic heterocycles. The van der Waals surface area contributed by atoms with Gasteiger partial charge in [-0.25, -0.2) is 19.2 Å². The van der Waals surface area contributed by atoms with Crippen LogP contribution >= 0.6 is 12.2 Å². The van der Waals surface area contributed by atoms with Gasteiger partial charge in [0.2, 0.25) is 0 Å². The third-order valence-corrected chi connectivity index (χ3v) is 4.61. The van der Waals surface area contributed by atoms with Gasteiger partial charge < -0.3 is 20.2 Å². The number of rotatable bonds is 4. The summed E-state index contributed by atoms with van der Waals surface area (Å²) in [5, 5.41) is 0. The predicted molar refractivity (Wildman–Crippen MR) is 97.3 cm³/mol. The van der Waals surface area contributed by atoms with Crippen LogP contribution in [0, 0.1) is 4.64 Å². The van der Waals surface area contributed by atoms with Gasteiger partial charge in [-0.15, -0.1) is 0 Å². The van der Waals surface area contributed by atoms with Crippen molar-refractivity contribution >= 4 is 35.3 Å². The number of imidazole rings is 1. The first kappa shape index (κ1) is 17.6. The zero-order valence-electron chi connectivity index (χ0n) is 14.0. The van der Waals surface area contributed by atoms with E-state index in [2.05, 4.69) is 15.0 Å². The summed E-state index contributed by atoms with van der Waals surface area (Å²) in [6, 6.07) is 8.51. The van der Waals surface area contributed by atoms with Gasteiger partial charge in [-0.1, -0.05) is 30.4 Å². The predicted octanol–water partition coefficient (Wildman–Crippen LogP) is 2.55. The molecule has 4 rings (SSSR count). The summed E-state index contributed by atoms with van der Waals surface area (Å²) in [6.45, 7) is -0.183. The fourth-order valence-corrected chi connectivity index (χ4v) is 3.24. The second kappa shape index (κ2) is 7.05. The van der Waals surface area contributed by atoms with E-state index in [-0.39, 0.29) is 23.6 Å². The molecule has 3 atom stereocenters. The number of ether oxygens (including phenoxy) is 2.